The second-order valence-corrected chi connectivity index (χ2v) is 9.20. The van der Waals surface area contributed by atoms with Crippen molar-refractivity contribution in [2.75, 3.05) is 11.9 Å². The van der Waals surface area contributed by atoms with Crippen LogP contribution in [-0.4, -0.2) is 24.2 Å². The van der Waals surface area contributed by atoms with Crippen LogP contribution >= 0.6 is 23.7 Å². The summed E-state index contributed by atoms with van der Waals surface area (Å²) in [5.74, 6) is 0.972. The molecule has 1 aromatic heterocycles. The van der Waals surface area contributed by atoms with Crippen molar-refractivity contribution in [2.45, 2.75) is 50.7 Å². The van der Waals surface area contributed by atoms with E-state index in [0.717, 1.165) is 34.8 Å². The van der Waals surface area contributed by atoms with Crippen molar-refractivity contribution in [3.8, 4) is 11.8 Å². The number of ether oxygens (including phenoxy) is 1. The summed E-state index contributed by atoms with van der Waals surface area (Å²) in [5.41, 5.74) is 2.62. The lowest BCUT2D eigenvalue weighted by Crippen LogP contribution is -2.35. The number of likely N-dealkylation sites (N-methyl/N-ethyl adjacent to an activating group) is 1. The van der Waals surface area contributed by atoms with Crippen LogP contribution < -0.4 is 9.64 Å². The number of halogens is 2. The first kappa shape index (κ1) is 24.0. The lowest BCUT2D eigenvalue weighted by molar-refractivity contribution is 0.242. The smallest absolute Gasteiger partial charge is 0.143 e. The molecule has 1 fully saturated rings. The van der Waals surface area contributed by atoms with E-state index < -0.39 is 0 Å². The normalized spacial score (nSPS) is 19.9. The first-order chi connectivity index (χ1) is 15.0. The van der Waals surface area contributed by atoms with Crippen LogP contribution in [0.15, 0.2) is 54.0 Å². The number of aromatic nitrogens is 1. The van der Waals surface area contributed by atoms with Gasteiger partial charge in [0.25, 0.3) is 0 Å². The van der Waals surface area contributed by atoms with Crippen LogP contribution in [0.2, 0.25) is 0 Å². The minimum atomic E-state index is -0.230. The number of benzene rings is 2. The predicted molar refractivity (Wildman–Crippen MR) is 130 cm³/mol. The van der Waals surface area contributed by atoms with Gasteiger partial charge in [0.15, 0.2) is 0 Å². The number of nitriles is 1. The molecule has 0 N–H and O–H groups in total. The predicted octanol–water partition coefficient (Wildman–Crippen LogP) is 6.53. The van der Waals surface area contributed by atoms with Crippen molar-refractivity contribution < 1.29 is 9.13 Å². The Morgan fingerprint density at radius 2 is 1.94 bits per heavy atom. The summed E-state index contributed by atoms with van der Waals surface area (Å²) in [6, 6.07) is 14.8. The third-order valence-electron chi connectivity index (χ3n) is 5.97. The zero-order valence-corrected chi connectivity index (χ0v) is 20.0. The molecule has 1 aliphatic rings. The van der Waals surface area contributed by atoms with Crippen molar-refractivity contribution in [3.05, 3.63) is 76.0 Å². The minimum Gasteiger partial charge on any atom is -0.489 e. The molecule has 3 unspecified atom stereocenters. The molecule has 0 bridgehead atoms. The van der Waals surface area contributed by atoms with Gasteiger partial charge in [0.1, 0.15) is 11.6 Å². The zero-order chi connectivity index (χ0) is 22.0. The van der Waals surface area contributed by atoms with E-state index in [1.165, 1.54) is 12.1 Å². The maximum Gasteiger partial charge on any atom is 0.143 e. The van der Waals surface area contributed by atoms with E-state index in [4.69, 9.17) is 4.74 Å². The molecule has 4 nitrogen and oxygen atoms in total. The topological polar surface area (TPSA) is 49.1 Å². The van der Waals surface area contributed by atoms with Gasteiger partial charge in [-0.3, -0.25) is 0 Å². The van der Waals surface area contributed by atoms with E-state index in [1.54, 1.807) is 17.4 Å². The van der Waals surface area contributed by atoms with E-state index >= 15 is 0 Å². The van der Waals surface area contributed by atoms with Crippen LogP contribution in [0, 0.1) is 17.1 Å². The van der Waals surface area contributed by atoms with E-state index in [0.29, 0.717) is 5.56 Å². The molecule has 0 aliphatic heterocycles. The Bertz CT molecular complexity index is 1070. The third kappa shape index (κ3) is 4.90. The second kappa shape index (κ2) is 10.3. The number of hydrogen-bond donors (Lipinski definition) is 0. The van der Waals surface area contributed by atoms with Crippen LogP contribution in [0.4, 0.5) is 10.1 Å². The second-order valence-electron chi connectivity index (χ2n) is 8.27. The van der Waals surface area contributed by atoms with Crippen LogP contribution in [0.1, 0.15) is 54.7 Å². The molecule has 7 heteroatoms. The Kier molecular flexibility index (Phi) is 7.76. The Morgan fingerprint density at radius 1 is 1.19 bits per heavy atom. The highest BCUT2D eigenvalue weighted by atomic mass is 35.5. The maximum atomic E-state index is 13.7. The third-order valence-corrected chi connectivity index (χ3v) is 6.88. The van der Waals surface area contributed by atoms with Crippen molar-refractivity contribution in [3.63, 3.8) is 0 Å². The van der Waals surface area contributed by atoms with E-state index in [2.05, 4.69) is 23.0 Å². The van der Waals surface area contributed by atoms with Gasteiger partial charge in [-0.15, -0.1) is 23.7 Å². The summed E-state index contributed by atoms with van der Waals surface area (Å²) in [5, 5.41) is 12.6. The van der Waals surface area contributed by atoms with Crippen LogP contribution in [-0.2, 0) is 0 Å². The molecule has 168 valence electrons. The molecule has 0 saturated heterocycles. The summed E-state index contributed by atoms with van der Waals surface area (Å²) in [4.78, 5) is 6.84. The molecule has 0 radical (unpaired) electrons. The van der Waals surface area contributed by atoms with Crippen molar-refractivity contribution in [1.82, 2.24) is 4.98 Å². The monoisotopic (exact) mass is 471 g/mol. The SMILES string of the molecule is CC(C)Oc1ccc(C#N)cc1N(C)C1CCC(c2nccs2)C1c1ccc(F)cc1.Cl. The lowest BCUT2D eigenvalue weighted by Gasteiger charge is -2.35. The van der Waals surface area contributed by atoms with Crippen LogP contribution in [0.5, 0.6) is 5.75 Å². The molecule has 0 amide bonds. The number of rotatable bonds is 6. The highest BCUT2D eigenvalue weighted by Gasteiger charge is 2.42. The molecule has 1 saturated carbocycles. The lowest BCUT2D eigenvalue weighted by atomic mass is 9.86. The summed E-state index contributed by atoms with van der Waals surface area (Å²) < 4.78 is 19.7. The molecule has 4 rings (SSSR count). The van der Waals surface area contributed by atoms with Gasteiger partial charge < -0.3 is 9.64 Å². The molecular weight excluding hydrogens is 445 g/mol. The van der Waals surface area contributed by atoms with Gasteiger partial charge in [0, 0.05) is 36.5 Å². The fourth-order valence-electron chi connectivity index (χ4n) is 4.64. The number of thiazole rings is 1. The van der Waals surface area contributed by atoms with Gasteiger partial charge in [-0.25, -0.2) is 9.37 Å². The highest BCUT2D eigenvalue weighted by molar-refractivity contribution is 7.09. The van der Waals surface area contributed by atoms with E-state index in [9.17, 15) is 9.65 Å². The molecule has 2 aromatic carbocycles. The fraction of sp³-hybridized carbons (Fsp3) is 0.360. The summed E-state index contributed by atoms with van der Waals surface area (Å²) in [6.07, 6.45) is 3.85. The summed E-state index contributed by atoms with van der Waals surface area (Å²) in [6.45, 7) is 3.99. The zero-order valence-electron chi connectivity index (χ0n) is 18.4. The molecule has 3 aromatic rings. The average Bonchev–Trinajstić information content (AvgIpc) is 3.43. The first-order valence-corrected chi connectivity index (χ1v) is 11.4. The molecule has 0 spiro atoms. The number of nitrogens with zero attached hydrogens (tertiary/aromatic N) is 3. The largest absolute Gasteiger partial charge is 0.489 e. The van der Waals surface area contributed by atoms with Gasteiger partial charge in [0.2, 0.25) is 0 Å². The Morgan fingerprint density at radius 3 is 2.56 bits per heavy atom. The van der Waals surface area contributed by atoms with Gasteiger partial charge in [0.05, 0.1) is 28.4 Å². The summed E-state index contributed by atoms with van der Waals surface area (Å²) >= 11 is 1.68. The van der Waals surface area contributed by atoms with Crippen LogP contribution in [0.25, 0.3) is 0 Å². The molecule has 1 aliphatic carbocycles. The molecule has 3 atom stereocenters. The molecule has 1 heterocycles. The van der Waals surface area contributed by atoms with Gasteiger partial charge in [-0.05, 0) is 62.6 Å². The Hall–Kier alpha value is -2.62. The van der Waals surface area contributed by atoms with Crippen molar-refractivity contribution >= 4 is 29.4 Å². The molecular formula is C25H27ClFN3OS. The molecule has 32 heavy (non-hydrogen) atoms. The van der Waals surface area contributed by atoms with Gasteiger partial charge in [-0.1, -0.05) is 12.1 Å². The van der Waals surface area contributed by atoms with Crippen molar-refractivity contribution in [2.24, 2.45) is 0 Å². The number of hydrogen-bond acceptors (Lipinski definition) is 5. The Labute approximate surface area is 199 Å². The Balaban J connectivity index is 0.00000289. The standard InChI is InChI=1S/C25H26FN3OS.ClH/c1-16(2)30-23-11-4-17(15-27)14-22(23)29(3)21-10-9-20(25-28-12-13-31-25)24(21)18-5-7-19(26)8-6-18;/h4-8,11-14,16,20-21,24H,9-10H2,1-3H3;1H. The first-order valence-electron chi connectivity index (χ1n) is 10.6. The van der Waals surface area contributed by atoms with E-state index in [-0.39, 0.29) is 42.2 Å². The summed E-state index contributed by atoms with van der Waals surface area (Å²) in [7, 11) is 2.06. The average molecular weight is 472 g/mol. The van der Waals surface area contributed by atoms with Crippen LogP contribution in [0.3, 0.4) is 0 Å². The fourth-order valence-corrected chi connectivity index (χ4v) is 5.46. The number of anilines is 1. The van der Waals surface area contributed by atoms with Gasteiger partial charge in [-0.2, -0.15) is 5.26 Å². The highest BCUT2D eigenvalue weighted by Crippen LogP contribution is 2.50. The van der Waals surface area contributed by atoms with Gasteiger partial charge >= 0.3 is 0 Å². The minimum absolute atomic E-state index is 0. The van der Waals surface area contributed by atoms with Crippen molar-refractivity contribution in [1.29, 1.82) is 5.26 Å². The van der Waals surface area contributed by atoms with E-state index in [1.807, 2.05) is 49.7 Å². The quantitative estimate of drug-likeness (QED) is 0.410. The maximum absolute atomic E-state index is 13.7.